The number of hydrogen-bond donors (Lipinski definition) is 1. The maximum atomic E-state index is 12.5. The van der Waals surface area contributed by atoms with E-state index in [9.17, 15) is 14.4 Å². The van der Waals surface area contributed by atoms with E-state index in [4.69, 9.17) is 4.74 Å². The Morgan fingerprint density at radius 3 is 2.39 bits per heavy atom. The molecule has 0 unspecified atom stereocenters. The van der Waals surface area contributed by atoms with Gasteiger partial charge in [0.05, 0.1) is 10.8 Å². The van der Waals surface area contributed by atoms with Gasteiger partial charge in [0, 0.05) is 19.1 Å². The fourth-order valence-electron chi connectivity index (χ4n) is 3.94. The summed E-state index contributed by atoms with van der Waals surface area (Å²) in [5.41, 5.74) is 0. The van der Waals surface area contributed by atoms with E-state index >= 15 is 0 Å². The van der Waals surface area contributed by atoms with Gasteiger partial charge in [-0.25, -0.2) is 0 Å². The molecule has 2 amide bonds. The zero-order chi connectivity index (χ0) is 19.9. The molecule has 1 N–H and O–H groups in total. The van der Waals surface area contributed by atoms with Crippen LogP contribution in [0.25, 0.3) is 0 Å². The van der Waals surface area contributed by atoms with Crippen molar-refractivity contribution in [2.45, 2.75) is 70.4 Å². The normalized spacial score (nSPS) is 20.2. The predicted octanol–water partition coefficient (Wildman–Crippen LogP) is 3.37. The zero-order valence-electron chi connectivity index (χ0n) is 16.5. The Kier molecular flexibility index (Phi) is 7.48. The molecule has 1 saturated carbocycles. The third kappa shape index (κ3) is 5.56. The van der Waals surface area contributed by atoms with Crippen LogP contribution in [-0.2, 0) is 14.3 Å². The summed E-state index contributed by atoms with van der Waals surface area (Å²) in [6.07, 6.45) is 7.12. The average molecular weight is 407 g/mol. The molecule has 1 aromatic heterocycles. The molecule has 1 aliphatic heterocycles. The lowest BCUT2D eigenvalue weighted by atomic mass is 9.97. The minimum absolute atomic E-state index is 0.0259. The standard InChI is InChI=1S/C21H30N2O4S/c1-15(19(24)22-17-7-4-2-3-5-8-17)27-21(26)16-10-12-23(13-11-16)20(25)18-9-6-14-28-18/h6,9,14-17H,2-5,7-8,10-13H2,1H3,(H,22,24)/t15-/m0/s1. The number of ether oxygens (including phenoxy) is 1. The number of esters is 1. The van der Waals surface area contributed by atoms with Gasteiger partial charge in [-0.05, 0) is 44.1 Å². The van der Waals surface area contributed by atoms with Crippen LogP contribution in [0.15, 0.2) is 17.5 Å². The number of rotatable bonds is 5. The maximum absolute atomic E-state index is 12.5. The number of likely N-dealkylation sites (tertiary alicyclic amines) is 1. The summed E-state index contributed by atoms with van der Waals surface area (Å²) in [6, 6.07) is 3.88. The Balaban J connectivity index is 1.42. The second-order valence-corrected chi connectivity index (χ2v) is 8.77. The van der Waals surface area contributed by atoms with Crippen LogP contribution in [-0.4, -0.2) is 47.9 Å². The molecule has 2 aliphatic rings. The van der Waals surface area contributed by atoms with E-state index in [1.165, 1.54) is 24.2 Å². The summed E-state index contributed by atoms with van der Waals surface area (Å²) in [5.74, 6) is -0.754. The van der Waals surface area contributed by atoms with Crippen molar-refractivity contribution >= 4 is 29.1 Å². The van der Waals surface area contributed by atoms with Gasteiger partial charge in [0.1, 0.15) is 0 Å². The topological polar surface area (TPSA) is 75.7 Å². The number of nitrogens with zero attached hydrogens (tertiary/aromatic N) is 1. The summed E-state index contributed by atoms with van der Waals surface area (Å²) >= 11 is 1.43. The molecule has 3 rings (SSSR count). The number of nitrogens with one attached hydrogen (secondary N) is 1. The molecule has 1 saturated heterocycles. The van der Waals surface area contributed by atoms with Crippen molar-refractivity contribution in [3.05, 3.63) is 22.4 Å². The van der Waals surface area contributed by atoms with Gasteiger partial charge in [0.2, 0.25) is 0 Å². The van der Waals surface area contributed by atoms with E-state index in [1.54, 1.807) is 11.8 Å². The second-order valence-electron chi connectivity index (χ2n) is 7.82. The Bertz CT molecular complexity index is 660. The molecule has 0 spiro atoms. The zero-order valence-corrected chi connectivity index (χ0v) is 17.3. The summed E-state index contributed by atoms with van der Waals surface area (Å²) in [6.45, 7) is 2.72. The predicted molar refractivity (Wildman–Crippen MR) is 108 cm³/mol. The van der Waals surface area contributed by atoms with Gasteiger partial charge in [-0.1, -0.05) is 31.7 Å². The van der Waals surface area contributed by atoms with Crippen LogP contribution in [0.4, 0.5) is 0 Å². The van der Waals surface area contributed by atoms with Crippen LogP contribution < -0.4 is 5.32 Å². The molecular formula is C21H30N2O4S. The Morgan fingerprint density at radius 2 is 1.79 bits per heavy atom. The van der Waals surface area contributed by atoms with Crippen LogP contribution in [0.1, 0.15) is 68.0 Å². The van der Waals surface area contributed by atoms with Crippen LogP contribution >= 0.6 is 11.3 Å². The Morgan fingerprint density at radius 1 is 1.11 bits per heavy atom. The lowest BCUT2D eigenvalue weighted by Gasteiger charge is -2.31. The van der Waals surface area contributed by atoms with Crippen molar-refractivity contribution < 1.29 is 19.1 Å². The van der Waals surface area contributed by atoms with E-state index in [1.807, 2.05) is 17.5 Å². The van der Waals surface area contributed by atoms with Crippen LogP contribution in [0.3, 0.4) is 0 Å². The first kappa shape index (κ1) is 20.8. The minimum atomic E-state index is -0.776. The summed E-state index contributed by atoms with van der Waals surface area (Å²) < 4.78 is 5.44. The van der Waals surface area contributed by atoms with Gasteiger partial charge in [0.25, 0.3) is 11.8 Å². The van der Waals surface area contributed by atoms with Gasteiger partial charge in [0.15, 0.2) is 6.10 Å². The highest BCUT2D eigenvalue weighted by Crippen LogP contribution is 2.22. The van der Waals surface area contributed by atoms with E-state index in [-0.39, 0.29) is 29.7 Å². The molecule has 0 aromatic carbocycles. The summed E-state index contributed by atoms with van der Waals surface area (Å²) in [5, 5.41) is 4.92. The SMILES string of the molecule is C[C@H](OC(=O)C1CCN(C(=O)c2cccs2)CC1)C(=O)NC1CCCCCC1. The van der Waals surface area contributed by atoms with Crippen molar-refractivity contribution in [2.24, 2.45) is 5.92 Å². The highest BCUT2D eigenvalue weighted by molar-refractivity contribution is 7.12. The van der Waals surface area contributed by atoms with Crippen LogP contribution in [0.5, 0.6) is 0 Å². The molecule has 154 valence electrons. The maximum Gasteiger partial charge on any atom is 0.309 e. The van der Waals surface area contributed by atoms with Crippen LogP contribution in [0.2, 0.25) is 0 Å². The summed E-state index contributed by atoms with van der Waals surface area (Å²) in [7, 11) is 0. The van der Waals surface area contributed by atoms with E-state index in [2.05, 4.69) is 5.32 Å². The molecule has 7 heteroatoms. The van der Waals surface area contributed by atoms with Gasteiger partial charge in [-0.15, -0.1) is 11.3 Å². The Labute approximate surface area is 170 Å². The monoisotopic (exact) mass is 406 g/mol. The van der Waals surface area contributed by atoms with E-state index in [0.717, 1.165) is 30.6 Å². The first-order valence-corrected chi connectivity index (χ1v) is 11.3. The molecule has 1 aromatic rings. The molecule has 2 heterocycles. The third-order valence-corrected chi connectivity index (χ3v) is 6.57. The minimum Gasteiger partial charge on any atom is -0.452 e. The molecule has 0 radical (unpaired) electrons. The molecule has 1 aliphatic carbocycles. The van der Waals surface area contributed by atoms with Crippen molar-refractivity contribution in [3.63, 3.8) is 0 Å². The molecule has 6 nitrogen and oxygen atoms in total. The fourth-order valence-corrected chi connectivity index (χ4v) is 4.63. The highest BCUT2D eigenvalue weighted by atomic mass is 32.1. The third-order valence-electron chi connectivity index (χ3n) is 5.71. The van der Waals surface area contributed by atoms with Crippen molar-refractivity contribution in [3.8, 4) is 0 Å². The van der Waals surface area contributed by atoms with Gasteiger partial charge in [-0.3, -0.25) is 14.4 Å². The molecule has 28 heavy (non-hydrogen) atoms. The number of amides is 2. The van der Waals surface area contributed by atoms with Gasteiger partial charge < -0.3 is 15.0 Å². The second kappa shape index (κ2) is 10.0. The fraction of sp³-hybridized carbons (Fsp3) is 0.667. The quantitative estimate of drug-likeness (QED) is 0.601. The van der Waals surface area contributed by atoms with Crippen molar-refractivity contribution in [2.75, 3.05) is 13.1 Å². The van der Waals surface area contributed by atoms with Crippen molar-refractivity contribution in [1.82, 2.24) is 10.2 Å². The number of hydrogen-bond acceptors (Lipinski definition) is 5. The smallest absolute Gasteiger partial charge is 0.309 e. The first-order chi connectivity index (χ1) is 13.5. The largest absolute Gasteiger partial charge is 0.452 e. The molecule has 1 atom stereocenters. The van der Waals surface area contributed by atoms with E-state index < -0.39 is 6.10 Å². The lowest BCUT2D eigenvalue weighted by molar-refractivity contribution is -0.160. The molecule has 2 fully saturated rings. The summed E-state index contributed by atoms with van der Waals surface area (Å²) in [4.78, 5) is 39.7. The molecule has 0 bridgehead atoms. The van der Waals surface area contributed by atoms with E-state index in [0.29, 0.717) is 25.9 Å². The number of carbonyl (C=O) groups excluding carboxylic acids is 3. The van der Waals surface area contributed by atoms with Gasteiger partial charge >= 0.3 is 5.97 Å². The lowest BCUT2D eigenvalue weighted by Crippen LogP contribution is -2.44. The number of piperidine rings is 1. The first-order valence-electron chi connectivity index (χ1n) is 10.4. The average Bonchev–Trinajstić information content (AvgIpc) is 3.12. The van der Waals surface area contributed by atoms with Crippen LogP contribution in [0, 0.1) is 5.92 Å². The highest BCUT2D eigenvalue weighted by Gasteiger charge is 2.31. The van der Waals surface area contributed by atoms with Crippen molar-refractivity contribution in [1.29, 1.82) is 0 Å². The van der Waals surface area contributed by atoms with Gasteiger partial charge in [-0.2, -0.15) is 0 Å². The number of carbonyl (C=O) groups is 3. The number of thiophene rings is 1. The Hall–Kier alpha value is -1.89. The molecular weight excluding hydrogens is 376 g/mol.